The number of nitrogens with zero attached hydrogens (tertiary/aromatic N) is 3. The quantitative estimate of drug-likeness (QED) is 0.281. The minimum absolute atomic E-state index is 0.262. The van der Waals surface area contributed by atoms with Gasteiger partial charge in [-0.15, -0.1) is 11.3 Å². The summed E-state index contributed by atoms with van der Waals surface area (Å²) >= 11 is 13.7. The number of anilines is 1. The molecule has 0 saturated heterocycles. The Morgan fingerprint density at radius 1 is 1.06 bits per heavy atom. The number of aromatic nitrogens is 3. The number of hydrogen-bond acceptors (Lipinski definition) is 6. The molecule has 0 spiro atoms. The number of rotatable bonds is 7. The van der Waals surface area contributed by atoms with Crippen LogP contribution in [0.15, 0.2) is 88.5 Å². The molecule has 0 unspecified atom stereocenters. The van der Waals surface area contributed by atoms with Crippen LogP contribution in [-0.2, 0) is 13.1 Å². The van der Waals surface area contributed by atoms with Crippen molar-refractivity contribution in [3.05, 3.63) is 115 Å². The van der Waals surface area contributed by atoms with E-state index in [1.165, 1.54) is 20.6 Å². The molecule has 176 valence electrons. The van der Waals surface area contributed by atoms with Crippen LogP contribution in [0.5, 0.6) is 0 Å². The first-order chi connectivity index (χ1) is 17.0. The maximum absolute atomic E-state index is 13.4. The zero-order valence-corrected chi connectivity index (χ0v) is 20.5. The Labute approximate surface area is 214 Å². The van der Waals surface area contributed by atoms with Crippen LogP contribution in [0.1, 0.15) is 21.0 Å². The molecule has 0 saturated carbocycles. The van der Waals surface area contributed by atoms with E-state index in [0.717, 1.165) is 4.88 Å². The Kier molecular flexibility index (Phi) is 6.59. The molecule has 35 heavy (non-hydrogen) atoms. The molecule has 0 aliphatic rings. The summed E-state index contributed by atoms with van der Waals surface area (Å²) in [6.45, 7) is 0.721. The fourth-order valence-electron chi connectivity index (χ4n) is 3.61. The number of hydrogen-bond donors (Lipinski definition) is 1. The molecule has 10 heteroatoms. The molecule has 5 aromatic rings. The van der Waals surface area contributed by atoms with E-state index in [-0.39, 0.29) is 12.1 Å². The van der Waals surface area contributed by atoms with Crippen molar-refractivity contribution in [2.75, 3.05) is 5.32 Å². The molecule has 1 N–H and O–H groups in total. The van der Waals surface area contributed by atoms with E-state index in [1.807, 2.05) is 12.1 Å². The van der Waals surface area contributed by atoms with E-state index in [4.69, 9.17) is 27.6 Å². The van der Waals surface area contributed by atoms with Crippen molar-refractivity contribution < 1.29 is 9.21 Å². The first-order valence-corrected chi connectivity index (χ1v) is 12.2. The van der Waals surface area contributed by atoms with Crippen molar-refractivity contribution >= 4 is 46.1 Å². The fraction of sp³-hybridized carbons (Fsp3) is 0.0800. The lowest BCUT2D eigenvalue weighted by molar-refractivity contribution is 0.0945. The van der Waals surface area contributed by atoms with Crippen LogP contribution in [-0.4, -0.2) is 20.3 Å². The minimum Gasteiger partial charge on any atom is -0.467 e. The third-order valence-corrected chi connectivity index (χ3v) is 6.85. The van der Waals surface area contributed by atoms with Crippen LogP contribution in [0, 0.1) is 0 Å². The summed E-state index contributed by atoms with van der Waals surface area (Å²) in [5.74, 6) is 0.243. The number of pyridine rings is 1. The zero-order chi connectivity index (χ0) is 24.4. The third-order valence-electron chi connectivity index (χ3n) is 5.29. The van der Waals surface area contributed by atoms with Gasteiger partial charge in [0, 0.05) is 17.6 Å². The Morgan fingerprint density at radius 2 is 1.91 bits per heavy atom. The van der Waals surface area contributed by atoms with Gasteiger partial charge < -0.3 is 14.3 Å². The largest absolute Gasteiger partial charge is 0.467 e. The van der Waals surface area contributed by atoms with E-state index in [9.17, 15) is 9.59 Å². The molecule has 4 aromatic heterocycles. The van der Waals surface area contributed by atoms with E-state index in [0.29, 0.717) is 44.2 Å². The van der Waals surface area contributed by atoms with Gasteiger partial charge >= 0.3 is 0 Å². The summed E-state index contributed by atoms with van der Waals surface area (Å²) in [6.07, 6.45) is 4.81. The van der Waals surface area contributed by atoms with Crippen molar-refractivity contribution in [1.29, 1.82) is 0 Å². The smallest absolute Gasteiger partial charge is 0.279 e. The Balaban J connectivity index is 1.55. The number of halogens is 2. The highest BCUT2D eigenvalue weighted by molar-refractivity contribution is 7.16. The molecule has 0 fully saturated rings. The molecular weight excluding hydrogens is 507 g/mol. The highest BCUT2D eigenvalue weighted by Gasteiger charge is 2.20. The van der Waals surface area contributed by atoms with Crippen LogP contribution in [0.25, 0.3) is 11.3 Å². The van der Waals surface area contributed by atoms with Gasteiger partial charge in [0.25, 0.3) is 11.5 Å². The minimum atomic E-state index is -0.407. The molecule has 4 heterocycles. The summed E-state index contributed by atoms with van der Waals surface area (Å²) in [5.41, 5.74) is 1.27. The van der Waals surface area contributed by atoms with Crippen molar-refractivity contribution in [1.82, 2.24) is 14.3 Å². The van der Waals surface area contributed by atoms with Crippen LogP contribution in [0.4, 0.5) is 5.69 Å². The molecule has 0 aliphatic carbocycles. The molecule has 7 nitrogen and oxygen atoms in total. The molecule has 0 radical (unpaired) electrons. The maximum atomic E-state index is 13.4. The van der Waals surface area contributed by atoms with Crippen LogP contribution in [0.2, 0.25) is 9.36 Å². The summed E-state index contributed by atoms with van der Waals surface area (Å²) < 4.78 is 8.80. The molecule has 5 rings (SSSR count). The molecular formula is C25H18Cl2N4O3S. The average molecular weight is 525 g/mol. The standard InChI is InChI=1S/C25H18Cl2N4O3S/c26-20-8-2-1-6-18(20)25(33)31-15-21(28-13-17-9-10-22(27)35-17)23(29-31)19-7-3-11-30(24(19)32)14-16-5-4-12-34-16/h1-12,15,28H,13-14H2. The predicted octanol–water partition coefficient (Wildman–Crippen LogP) is 6.02. The lowest BCUT2D eigenvalue weighted by Crippen LogP contribution is -2.22. The van der Waals surface area contributed by atoms with Crippen molar-refractivity contribution in [3.8, 4) is 11.3 Å². The molecule has 0 aliphatic heterocycles. The van der Waals surface area contributed by atoms with Crippen molar-refractivity contribution in [3.63, 3.8) is 0 Å². The van der Waals surface area contributed by atoms with E-state index in [2.05, 4.69) is 10.4 Å². The van der Waals surface area contributed by atoms with Crippen LogP contribution >= 0.6 is 34.5 Å². The summed E-state index contributed by atoms with van der Waals surface area (Å²) in [5, 5.41) is 8.11. The lowest BCUT2D eigenvalue weighted by Gasteiger charge is -2.08. The van der Waals surface area contributed by atoms with Gasteiger partial charge in [-0.1, -0.05) is 35.3 Å². The van der Waals surface area contributed by atoms with Gasteiger partial charge in [0.2, 0.25) is 0 Å². The average Bonchev–Trinajstić information content (AvgIpc) is 3.61. The zero-order valence-electron chi connectivity index (χ0n) is 18.2. The van der Waals surface area contributed by atoms with Gasteiger partial charge in [0.15, 0.2) is 0 Å². The maximum Gasteiger partial charge on any atom is 0.279 e. The van der Waals surface area contributed by atoms with Crippen molar-refractivity contribution in [2.24, 2.45) is 0 Å². The normalized spacial score (nSPS) is 11.0. The number of carbonyl (C=O) groups is 1. The second-order valence-corrected chi connectivity index (χ2v) is 9.82. The second kappa shape index (κ2) is 9.95. The second-order valence-electron chi connectivity index (χ2n) is 7.61. The molecule has 1 aromatic carbocycles. The van der Waals surface area contributed by atoms with Gasteiger partial charge in [-0.2, -0.15) is 5.10 Å². The first kappa shape index (κ1) is 23.2. The van der Waals surface area contributed by atoms with Gasteiger partial charge in [0.1, 0.15) is 11.5 Å². The molecule has 0 atom stereocenters. The first-order valence-electron chi connectivity index (χ1n) is 10.6. The Bertz CT molecular complexity index is 1550. The fourth-order valence-corrected chi connectivity index (χ4v) is 4.85. The highest BCUT2D eigenvalue weighted by atomic mass is 35.5. The monoisotopic (exact) mass is 524 g/mol. The van der Waals surface area contributed by atoms with E-state index < -0.39 is 5.91 Å². The number of furan rings is 1. The number of benzene rings is 1. The van der Waals surface area contributed by atoms with Crippen LogP contribution < -0.4 is 10.9 Å². The van der Waals surface area contributed by atoms with Gasteiger partial charge in [0.05, 0.1) is 45.2 Å². The van der Waals surface area contributed by atoms with Gasteiger partial charge in [-0.3, -0.25) is 9.59 Å². The van der Waals surface area contributed by atoms with Crippen molar-refractivity contribution in [2.45, 2.75) is 13.1 Å². The van der Waals surface area contributed by atoms with E-state index >= 15 is 0 Å². The number of carbonyl (C=O) groups excluding carboxylic acids is 1. The Morgan fingerprint density at radius 3 is 2.66 bits per heavy atom. The summed E-state index contributed by atoms with van der Waals surface area (Å²) in [7, 11) is 0. The summed E-state index contributed by atoms with van der Waals surface area (Å²) in [6, 6.07) is 17.5. The van der Waals surface area contributed by atoms with E-state index in [1.54, 1.807) is 67.2 Å². The predicted molar refractivity (Wildman–Crippen MR) is 138 cm³/mol. The Hall–Kier alpha value is -3.59. The summed E-state index contributed by atoms with van der Waals surface area (Å²) in [4.78, 5) is 27.5. The number of thiophene rings is 1. The molecule has 0 amide bonds. The van der Waals surface area contributed by atoms with Crippen LogP contribution in [0.3, 0.4) is 0 Å². The molecule has 0 bridgehead atoms. The third kappa shape index (κ3) is 4.95. The topological polar surface area (TPSA) is 82.1 Å². The SMILES string of the molecule is O=C(c1ccccc1Cl)n1cc(NCc2ccc(Cl)s2)c(-c2cccn(Cc3ccco3)c2=O)n1. The van der Waals surface area contributed by atoms with Gasteiger partial charge in [-0.05, 0) is 48.5 Å². The highest BCUT2D eigenvalue weighted by Crippen LogP contribution is 2.28. The number of nitrogens with one attached hydrogen (secondary N) is 1. The lowest BCUT2D eigenvalue weighted by atomic mass is 10.2. The van der Waals surface area contributed by atoms with Gasteiger partial charge in [-0.25, -0.2) is 4.68 Å².